The average molecular weight is 887 g/mol. The molecule has 0 fully saturated rings. The molecule has 0 N–H and O–H groups in total. The van der Waals surface area contributed by atoms with Gasteiger partial charge in [0.15, 0.2) is 0 Å². The van der Waals surface area contributed by atoms with Crippen molar-refractivity contribution in [3.8, 4) is 78.5 Å². The van der Waals surface area contributed by atoms with Crippen molar-refractivity contribution in [2.75, 3.05) is 0 Å². The minimum Gasteiger partial charge on any atom is -0.457 e. The molecule has 0 saturated carbocycles. The lowest BCUT2D eigenvalue weighted by Crippen LogP contribution is -2.33. The molecular formula is C67H38N2O. The number of fused-ring (bicyclic) bond motifs is 29. The molecule has 2 aromatic heterocycles. The zero-order valence-corrected chi connectivity index (χ0v) is 37.7. The number of pyridine rings is 2. The quantitative estimate of drug-likeness (QED) is 0.165. The van der Waals surface area contributed by atoms with Crippen LogP contribution in [0.15, 0.2) is 231 Å². The van der Waals surface area contributed by atoms with E-state index in [1.807, 2.05) is 6.20 Å². The Labute approximate surface area is 405 Å². The fraction of sp³-hybridized carbons (Fsp3) is 0.0448. The van der Waals surface area contributed by atoms with E-state index in [0.29, 0.717) is 0 Å². The van der Waals surface area contributed by atoms with Gasteiger partial charge in [-0.3, -0.25) is 9.97 Å². The first-order valence-corrected chi connectivity index (χ1v) is 24.4. The van der Waals surface area contributed by atoms with Gasteiger partial charge in [-0.1, -0.05) is 182 Å². The van der Waals surface area contributed by atoms with Crippen LogP contribution in [0.25, 0.3) is 67.0 Å². The van der Waals surface area contributed by atoms with Crippen molar-refractivity contribution >= 4 is 0 Å². The molecule has 17 rings (SSSR count). The van der Waals surface area contributed by atoms with Crippen LogP contribution < -0.4 is 4.74 Å². The summed E-state index contributed by atoms with van der Waals surface area (Å²) in [6.07, 6.45) is 3.98. The van der Waals surface area contributed by atoms with Gasteiger partial charge in [-0.15, -0.1) is 0 Å². The highest BCUT2D eigenvalue weighted by Crippen LogP contribution is 2.68. The van der Waals surface area contributed by atoms with Crippen LogP contribution in [-0.2, 0) is 16.2 Å². The van der Waals surface area contributed by atoms with E-state index in [-0.39, 0.29) is 0 Å². The van der Waals surface area contributed by atoms with Crippen molar-refractivity contribution in [3.63, 3.8) is 0 Å². The van der Waals surface area contributed by atoms with Crippen LogP contribution in [0.5, 0.6) is 11.5 Å². The number of para-hydroxylation sites is 1. The van der Waals surface area contributed by atoms with Crippen LogP contribution in [0.1, 0.15) is 66.8 Å². The highest BCUT2D eigenvalue weighted by atomic mass is 16.5. The Hall–Kier alpha value is -8.92. The fourth-order valence-electron chi connectivity index (χ4n) is 14.6. The van der Waals surface area contributed by atoms with Gasteiger partial charge >= 0.3 is 0 Å². The molecular weight excluding hydrogens is 849 g/mol. The highest BCUT2D eigenvalue weighted by Gasteiger charge is 2.57. The van der Waals surface area contributed by atoms with Gasteiger partial charge in [0.2, 0.25) is 0 Å². The van der Waals surface area contributed by atoms with Crippen molar-refractivity contribution < 1.29 is 4.74 Å². The number of aromatic nitrogens is 2. The van der Waals surface area contributed by atoms with Crippen molar-refractivity contribution in [2.24, 2.45) is 0 Å². The molecule has 5 aliphatic carbocycles. The number of hydrogen-bond donors (Lipinski definition) is 0. The third-order valence-corrected chi connectivity index (χ3v) is 17.1. The topological polar surface area (TPSA) is 35.0 Å². The summed E-state index contributed by atoms with van der Waals surface area (Å²) in [6.45, 7) is 0. The summed E-state index contributed by atoms with van der Waals surface area (Å²) < 4.78 is 7.25. The Balaban J connectivity index is 0.917. The van der Waals surface area contributed by atoms with Crippen molar-refractivity contribution in [1.82, 2.24) is 9.97 Å². The molecule has 70 heavy (non-hydrogen) atoms. The third-order valence-electron chi connectivity index (χ3n) is 17.1. The zero-order chi connectivity index (χ0) is 45.5. The van der Waals surface area contributed by atoms with Gasteiger partial charge in [-0.05, 0) is 137 Å². The first kappa shape index (κ1) is 37.1. The minimum atomic E-state index is -0.776. The molecule has 3 nitrogen and oxygen atoms in total. The van der Waals surface area contributed by atoms with Gasteiger partial charge in [0.1, 0.15) is 11.5 Å². The van der Waals surface area contributed by atoms with Gasteiger partial charge < -0.3 is 4.74 Å². The molecule has 0 saturated heterocycles. The number of rotatable bonds is 1. The monoisotopic (exact) mass is 886 g/mol. The molecule has 9 aromatic carbocycles. The Morgan fingerprint density at radius 3 is 1.26 bits per heavy atom. The lowest BCUT2D eigenvalue weighted by atomic mass is 9.65. The van der Waals surface area contributed by atoms with E-state index in [1.54, 1.807) is 0 Å². The largest absolute Gasteiger partial charge is 0.457 e. The second-order valence-corrected chi connectivity index (χ2v) is 19.8. The molecule has 1 aliphatic heterocycles. The second-order valence-electron chi connectivity index (χ2n) is 19.8. The molecule has 322 valence electrons. The Morgan fingerprint density at radius 2 is 0.686 bits per heavy atom. The van der Waals surface area contributed by atoms with Crippen LogP contribution >= 0.6 is 0 Å². The molecule has 3 heteroatoms. The number of nitrogens with zero attached hydrogens (tertiary/aromatic N) is 2. The maximum Gasteiger partial charge on any atom is 0.132 e. The summed E-state index contributed by atoms with van der Waals surface area (Å²) in [5.74, 6) is 1.70. The van der Waals surface area contributed by atoms with Crippen LogP contribution in [0.4, 0.5) is 0 Å². The maximum absolute atomic E-state index is 7.25. The zero-order valence-electron chi connectivity index (χ0n) is 37.7. The van der Waals surface area contributed by atoms with Gasteiger partial charge in [0.05, 0.1) is 27.6 Å². The number of ether oxygens (including phenoxy) is 1. The SMILES string of the molecule is c1ccc2c(c1)Oc1cc3c(cc1C21c2cccnc2-c2ncc(-c4ccc5c(c4)-c4ccccc4C54c5ccccc5-c5ccccc54)cc21)-c1ccccc1C31c2ccccc2-c2ccccc21. The van der Waals surface area contributed by atoms with Gasteiger partial charge in [-0.25, -0.2) is 0 Å². The summed E-state index contributed by atoms with van der Waals surface area (Å²) >= 11 is 0. The first-order chi connectivity index (χ1) is 34.7. The fourth-order valence-corrected chi connectivity index (χ4v) is 14.6. The summed E-state index contributed by atoms with van der Waals surface area (Å²) in [5, 5.41) is 0. The first-order valence-electron chi connectivity index (χ1n) is 24.4. The van der Waals surface area contributed by atoms with Gasteiger partial charge in [-0.2, -0.15) is 0 Å². The Kier molecular flexibility index (Phi) is 6.78. The lowest BCUT2D eigenvalue weighted by molar-refractivity contribution is 0.435. The highest BCUT2D eigenvalue weighted by molar-refractivity contribution is 5.99. The van der Waals surface area contributed by atoms with Crippen LogP contribution in [0, 0.1) is 0 Å². The second kappa shape index (κ2) is 12.8. The van der Waals surface area contributed by atoms with Crippen LogP contribution in [0.2, 0.25) is 0 Å². The molecule has 0 amide bonds. The molecule has 3 spiro atoms. The summed E-state index contributed by atoms with van der Waals surface area (Å²) in [4.78, 5) is 10.6. The molecule has 11 aromatic rings. The molecule has 0 bridgehead atoms. The van der Waals surface area contributed by atoms with E-state index in [2.05, 4.69) is 225 Å². The Bertz CT molecular complexity index is 4110. The summed E-state index contributed by atoms with van der Waals surface area (Å²) in [7, 11) is 0. The predicted molar refractivity (Wildman–Crippen MR) is 277 cm³/mol. The van der Waals surface area contributed by atoms with E-state index >= 15 is 0 Å². The number of benzene rings is 9. The summed E-state index contributed by atoms with van der Waals surface area (Å²) in [6, 6.07) is 81.5. The van der Waals surface area contributed by atoms with E-state index in [9.17, 15) is 0 Å². The smallest absolute Gasteiger partial charge is 0.132 e. The third kappa shape index (κ3) is 4.08. The van der Waals surface area contributed by atoms with Gasteiger partial charge in [0.25, 0.3) is 0 Å². The van der Waals surface area contributed by atoms with E-state index in [4.69, 9.17) is 14.7 Å². The van der Waals surface area contributed by atoms with Crippen LogP contribution in [0.3, 0.4) is 0 Å². The number of hydrogen-bond acceptors (Lipinski definition) is 3. The molecule has 6 aliphatic rings. The normalized spacial score (nSPS) is 17.0. The van der Waals surface area contributed by atoms with Crippen molar-refractivity contribution in [1.29, 1.82) is 0 Å². The molecule has 3 heterocycles. The van der Waals surface area contributed by atoms with Crippen LogP contribution in [-0.4, -0.2) is 9.97 Å². The lowest BCUT2D eigenvalue weighted by Gasteiger charge is -2.40. The predicted octanol–water partition coefficient (Wildman–Crippen LogP) is 15.3. The molecule has 1 unspecified atom stereocenters. The van der Waals surface area contributed by atoms with Gasteiger partial charge in [0, 0.05) is 34.6 Å². The maximum atomic E-state index is 7.25. The Morgan fingerprint density at radius 1 is 0.257 bits per heavy atom. The van der Waals surface area contributed by atoms with Crippen molar-refractivity contribution in [2.45, 2.75) is 16.2 Å². The van der Waals surface area contributed by atoms with E-state index in [1.165, 1.54) is 89.0 Å². The van der Waals surface area contributed by atoms with Crippen molar-refractivity contribution in [3.05, 3.63) is 298 Å². The molecule has 1 atom stereocenters. The standard InChI is InChI=1S/C67H38N2O/c1-7-22-49-41(16-1)42-17-2-8-23-50(42)65(49)53-26-11-5-20-45(53)47-34-39(31-32-55(47)65)40-35-60-64(69-38-40)63-57(29-15-33-68-63)67(60)56-28-13-14-30-61(56)70-62-37-58-48(36-59(62)67)46-21-6-12-27-54(46)66(58)51-24-9-3-18-43(51)44-19-4-10-25-52(44)66/h1-38H. The average Bonchev–Trinajstić information content (AvgIpc) is 4.17. The summed E-state index contributed by atoms with van der Waals surface area (Å²) in [5.41, 5.74) is 27.5. The molecule has 0 radical (unpaired) electrons. The van der Waals surface area contributed by atoms with E-state index in [0.717, 1.165) is 56.3 Å². The minimum absolute atomic E-state index is 0.402. The van der Waals surface area contributed by atoms with E-state index < -0.39 is 16.2 Å².